The molecular weight excluding hydrogens is 306 g/mol. The second-order valence-electron chi connectivity index (χ2n) is 4.44. The molecule has 3 rings (SSSR count). The fourth-order valence-electron chi connectivity index (χ4n) is 2.02. The van der Waals surface area contributed by atoms with Crippen LogP contribution in [0.4, 0.5) is 0 Å². The molecule has 0 aliphatic carbocycles. The van der Waals surface area contributed by atoms with Gasteiger partial charge in [0.25, 0.3) is 0 Å². The molecule has 0 fully saturated rings. The van der Waals surface area contributed by atoms with Crippen LogP contribution >= 0.6 is 22.7 Å². The number of imidazole rings is 1. The number of carboxylic acid groups (broad SMARTS) is 1. The van der Waals surface area contributed by atoms with E-state index < -0.39 is 5.97 Å². The summed E-state index contributed by atoms with van der Waals surface area (Å²) in [5.74, 6) is -0.811. The maximum absolute atomic E-state index is 10.7. The molecule has 3 heterocycles. The van der Waals surface area contributed by atoms with E-state index in [9.17, 15) is 4.79 Å². The van der Waals surface area contributed by atoms with Gasteiger partial charge in [-0.25, -0.2) is 9.97 Å². The third kappa shape index (κ3) is 2.88. The number of carboxylic acids is 1. The van der Waals surface area contributed by atoms with Crippen LogP contribution in [0.3, 0.4) is 0 Å². The molecule has 0 bridgehead atoms. The Kier molecular flexibility index (Phi) is 3.85. The fraction of sp³-hybridized carbons (Fsp3) is 0.214. The Labute approximate surface area is 129 Å². The summed E-state index contributed by atoms with van der Waals surface area (Å²) in [4.78, 5) is 21.4. The molecule has 0 atom stereocenters. The van der Waals surface area contributed by atoms with Gasteiger partial charge in [-0.05, 0) is 19.1 Å². The Bertz CT molecular complexity index is 773. The number of hydrogen-bond donors (Lipinski definition) is 1. The summed E-state index contributed by atoms with van der Waals surface area (Å²) in [6, 6.07) is 3.78. The van der Waals surface area contributed by atoms with Crippen LogP contribution in [0.5, 0.6) is 0 Å². The lowest BCUT2D eigenvalue weighted by molar-refractivity contribution is -0.136. The molecule has 7 heteroatoms. The van der Waals surface area contributed by atoms with E-state index in [4.69, 9.17) is 5.11 Å². The highest BCUT2D eigenvalue weighted by Gasteiger charge is 2.12. The van der Waals surface area contributed by atoms with E-state index in [1.807, 2.05) is 28.3 Å². The van der Waals surface area contributed by atoms with E-state index in [1.54, 1.807) is 17.7 Å². The number of aryl methyl sites for hydroxylation is 1. The Balaban J connectivity index is 1.88. The zero-order valence-corrected chi connectivity index (χ0v) is 12.9. The van der Waals surface area contributed by atoms with Gasteiger partial charge < -0.3 is 9.67 Å². The minimum Gasteiger partial charge on any atom is -0.481 e. The number of nitrogens with zero attached hydrogens (tertiary/aromatic N) is 3. The first-order chi connectivity index (χ1) is 10.2. The van der Waals surface area contributed by atoms with Gasteiger partial charge >= 0.3 is 5.97 Å². The minimum atomic E-state index is -0.811. The van der Waals surface area contributed by atoms with Crippen LogP contribution < -0.4 is 0 Å². The summed E-state index contributed by atoms with van der Waals surface area (Å²) in [7, 11) is 0. The van der Waals surface area contributed by atoms with E-state index >= 15 is 0 Å². The molecule has 3 aromatic rings. The monoisotopic (exact) mass is 319 g/mol. The van der Waals surface area contributed by atoms with Crippen molar-refractivity contribution >= 4 is 28.6 Å². The Morgan fingerprint density at radius 1 is 1.43 bits per heavy atom. The number of aromatic nitrogens is 3. The number of carbonyl (C=O) groups is 1. The van der Waals surface area contributed by atoms with Gasteiger partial charge in [-0.3, -0.25) is 4.79 Å². The quantitative estimate of drug-likeness (QED) is 0.783. The van der Waals surface area contributed by atoms with Gasteiger partial charge in [-0.1, -0.05) is 0 Å². The zero-order valence-electron chi connectivity index (χ0n) is 11.3. The maximum Gasteiger partial charge on any atom is 0.308 e. The predicted octanol–water partition coefficient (Wildman–Crippen LogP) is 3.38. The van der Waals surface area contributed by atoms with Crippen molar-refractivity contribution < 1.29 is 9.90 Å². The second kappa shape index (κ2) is 5.79. The smallest absolute Gasteiger partial charge is 0.308 e. The lowest BCUT2D eigenvalue weighted by Crippen LogP contribution is -1.96. The molecule has 3 aromatic heterocycles. The first kappa shape index (κ1) is 14.0. The van der Waals surface area contributed by atoms with Gasteiger partial charge in [0.15, 0.2) is 0 Å². The van der Waals surface area contributed by atoms with Crippen molar-refractivity contribution in [3.05, 3.63) is 34.9 Å². The van der Waals surface area contributed by atoms with Gasteiger partial charge in [0.2, 0.25) is 0 Å². The van der Waals surface area contributed by atoms with E-state index in [0.717, 1.165) is 32.7 Å². The fourth-order valence-corrected chi connectivity index (χ4v) is 3.89. The first-order valence-electron chi connectivity index (χ1n) is 6.44. The molecule has 108 valence electrons. The molecule has 0 amide bonds. The van der Waals surface area contributed by atoms with Crippen LogP contribution in [0.2, 0.25) is 0 Å². The molecule has 0 aliphatic heterocycles. The minimum absolute atomic E-state index is 0.0598. The molecular formula is C14H13N3O2S2. The van der Waals surface area contributed by atoms with E-state index in [1.165, 1.54) is 11.3 Å². The highest BCUT2D eigenvalue weighted by Crippen LogP contribution is 2.32. The van der Waals surface area contributed by atoms with Crippen LogP contribution in [0, 0.1) is 0 Å². The Morgan fingerprint density at radius 3 is 3.05 bits per heavy atom. The van der Waals surface area contributed by atoms with Crippen molar-refractivity contribution in [1.82, 2.24) is 14.5 Å². The van der Waals surface area contributed by atoms with Gasteiger partial charge in [0.05, 0.1) is 35.2 Å². The average molecular weight is 319 g/mol. The number of aliphatic carboxylic acids is 1. The highest BCUT2D eigenvalue weighted by atomic mass is 32.1. The number of thiophene rings is 1. The summed E-state index contributed by atoms with van der Waals surface area (Å²) in [6.45, 7) is 2.92. The molecule has 0 saturated carbocycles. The summed E-state index contributed by atoms with van der Waals surface area (Å²) in [5, 5.41) is 11.7. The average Bonchev–Trinajstić information content (AvgIpc) is 3.17. The molecule has 0 unspecified atom stereocenters. The summed E-state index contributed by atoms with van der Waals surface area (Å²) in [5.41, 5.74) is 1.90. The predicted molar refractivity (Wildman–Crippen MR) is 83.7 cm³/mol. The largest absolute Gasteiger partial charge is 0.481 e. The first-order valence-corrected chi connectivity index (χ1v) is 8.14. The summed E-state index contributed by atoms with van der Waals surface area (Å²) in [6.07, 6.45) is 3.67. The molecule has 0 spiro atoms. The van der Waals surface area contributed by atoms with Crippen molar-refractivity contribution in [2.45, 2.75) is 19.9 Å². The van der Waals surface area contributed by atoms with E-state index in [2.05, 4.69) is 16.9 Å². The molecule has 0 saturated heterocycles. The molecule has 0 aromatic carbocycles. The molecule has 0 radical (unpaired) electrons. The third-order valence-corrected chi connectivity index (χ3v) is 4.99. The van der Waals surface area contributed by atoms with Crippen LogP contribution in [0.1, 0.15) is 11.8 Å². The maximum atomic E-state index is 10.7. The van der Waals surface area contributed by atoms with Crippen molar-refractivity contribution in [3.63, 3.8) is 0 Å². The van der Waals surface area contributed by atoms with Crippen LogP contribution in [-0.4, -0.2) is 25.6 Å². The van der Waals surface area contributed by atoms with Crippen molar-refractivity contribution in [3.8, 4) is 21.3 Å². The normalized spacial score (nSPS) is 10.9. The third-order valence-electron chi connectivity index (χ3n) is 3.02. The lowest BCUT2D eigenvalue weighted by atomic mass is 10.3. The van der Waals surface area contributed by atoms with Gasteiger partial charge in [0.1, 0.15) is 5.01 Å². The molecule has 21 heavy (non-hydrogen) atoms. The standard InChI is InChI=1S/C14H13N3O2S2/c1-2-17-8-15-6-11(17)14-16-10(7-20-14)12-4-3-9(21-12)5-13(18)19/h3-4,6-8H,2,5H2,1H3,(H,18,19). The molecule has 1 N–H and O–H groups in total. The highest BCUT2D eigenvalue weighted by molar-refractivity contribution is 7.16. The zero-order chi connectivity index (χ0) is 14.8. The van der Waals surface area contributed by atoms with Crippen LogP contribution in [-0.2, 0) is 17.8 Å². The van der Waals surface area contributed by atoms with Gasteiger partial charge in [-0.2, -0.15) is 0 Å². The summed E-state index contributed by atoms with van der Waals surface area (Å²) < 4.78 is 2.05. The molecule has 5 nitrogen and oxygen atoms in total. The van der Waals surface area contributed by atoms with Crippen LogP contribution in [0.15, 0.2) is 30.0 Å². The second-order valence-corrected chi connectivity index (χ2v) is 6.47. The number of hydrogen-bond acceptors (Lipinski definition) is 5. The SMILES string of the molecule is CCn1cncc1-c1nc(-c2ccc(CC(=O)O)s2)cs1. The van der Waals surface area contributed by atoms with E-state index in [-0.39, 0.29) is 6.42 Å². The van der Waals surface area contributed by atoms with Gasteiger partial charge in [0, 0.05) is 16.8 Å². The molecule has 0 aliphatic rings. The number of thiazole rings is 1. The number of rotatable bonds is 5. The van der Waals surface area contributed by atoms with Gasteiger partial charge in [-0.15, -0.1) is 22.7 Å². The van der Waals surface area contributed by atoms with Crippen molar-refractivity contribution in [1.29, 1.82) is 0 Å². The topological polar surface area (TPSA) is 68.0 Å². The Hall–Kier alpha value is -1.99. The Morgan fingerprint density at radius 2 is 2.29 bits per heavy atom. The lowest BCUT2D eigenvalue weighted by Gasteiger charge is -2.00. The van der Waals surface area contributed by atoms with E-state index in [0.29, 0.717) is 0 Å². The van der Waals surface area contributed by atoms with Crippen LogP contribution in [0.25, 0.3) is 21.3 Å². The van der Waals surface area contributed by atoms with Crippen molar-refractivity contribution in [2.75, 3.05) is 0 Å². The summed E-state index contributed by atoms with van der Waals surface area (Å²) >= 11 is 3.05. The van der Waals surface area contributed by atoms with Crippen molar-refractivity contribution in [2.24, 2.45) is 0 Å².